The number of hydrazine groups is 1. The SMILES string of the molecule is CC(C)(C)c1ccccc1Oc1cccc(NN)n1. The molecule has 0 saturated carbocycles. The summed E-state index contributed by atoms with van der Waals surface area (Å²) in [5, 5.41) is 0. The Bertz CT molecular complexity index is 561. The lowest BCUT2D eigenvalue weighted by atomic mass is 9.86. The normalized spacial score (nSPS) is 11.2. The lowest BCUT2D eigenvalue weighted by Gasteiger charge is -2.22. The molecule has 0 spiro atoms. The van der Waals surface area contributed by atoms with Gasteiger partial charge in [0.1, 0.15) is 11.6 Å². The van der Waals surface area contributed by atoms with E-state index in [1.165, 1.54) is 0 Å². The number of benzene rings is 1. The fraction of sp³-hybridized carbons (Fsp3) is 0.267. The van der Waals surface area contributed by atoms with Crippen LogP contribution < -0.4 is 16.0 Å². The van der Waals surface area contributed by atoms with Gasteiger partial charge in [0.2, 0.25) is 5.88 Å². The summed E-state index contributed by atoms with van der Waals surface area (Å²) >= 11 is 0. The van der Waals surface area contributed by atoms with Crippen LogP contribution in [0.5, 0.6) is 11.6 Å². The first-order chi connectivity index (χ1) is 9.00. The zero-order valence-electron chi connectivity index (χ0n) is 11.5. The molecule has 4 nitrogen and oxygen atoms in total. The number of nitrogens with two attached hydrogens (primary N) is 1. The van der Waals surface area contributed by atoms with Crippen LogP contribution in [-0.2, 0) is 5.41 Å². The molecular weight excluding hydrogens is 238 g/mol. The van der Waals surface area contributed by atoms with E-state index in [1.807, 2.05) is 24.3 Å². The number of nitrogens with one attached hydrogen (secondary N) is 1. The Hall–Kier alpha value is -2.07. The third-order valence-electron chi connectivity index (χ3n) is 2.78. The Morgan fingerprint density at radius 1 is 1.05 bits per heavy atom. The van der Waals surface area contributed by atoms with E-state index in [2.05, 4.69) is 37.2 Å². The number of hydrogen-bond acceptors (Lipinski definition) is 4. The van der Waals surface area contributed by atoms with Crippen LogP contribution >= 0.6 is 0 Å². The molecule has 100 valence electrons. The van der Waals surface area contributed by atoms with Gasteiger partial charge in [0.25, 0.3) is 0 Å². The predicted molar refractivity (Wildman–Crippen MR) is 77.3 cm³/mol. The second kappa shape index (κ2) is 5.28. The number of aromatic nitrogens is 1. The van der Waals surface area contributed by atoms with Gasteiger partial charge in [0.15, 0.2) is 0 Å². The van der Waals surface area contributed by atoms with E-state index in [1.54, 1.807) is 12.1 Å². The first-order valence-corrected chi connectivity index (χ1v) is 6.22. The van der Waals surface area contributed by atoms with E-state index in [0.717, 1.165) is 11.3 Å². The van der Waals surface area contributed by atoms with Crippen LogP contribution in [-0.4, -0.2) is 4.98 Å². The van der Waals surface area contributed by atoms with Gasteiger partial charge >= 0.3 is 0 Å². The van der Waals surface area contributed by atoms with Crippen LogP contribution in [0.2, 0.25) is 0 Å². The molecule has 4 heteroatoms. The molecule has 1 heterocycles. The quantitative estimate of drug-likeness (QED) is 0.653. The summed E-state index contributed by atoms with van der Waals surface area (Å²) in [7, 11) is 0. The number of anilines is 1. The Morgan fingerprint density at radius 3 is 2.47 bits per heavy atom. The van der Waals surface area contributed by atoms with Crippen molar-refractivity contribution in [3.05, 3.63) is 48.0 Å². The molecule has 3 N–H and O–H groups in total. The van der Waals surface area contributed by atoms with E-state index >= 15 is 0 Å². The average Bonchev–Trinajstić information content (AvgIpc) is 2.38. The van der Waals surface area contributed by atoms with Gasteiger partial charge in [-0.25, -0.2) is 5.84 Å². The summed E-state index contributed by atoms with van der Waals surface area (Å²) in [6, 6.07) is 13.4. The number of nitrogen functional groups attached to an aromatic ring is 1. The lowest BCUT2D eigenvalue weighted by molar-refractivity contribution is 0.440. The highest BCUT2D eigenvalue weighted by molar-refractivity contribution is 5.42. The summed E-state index contributed by atoms with van der Waals surface area (Å²) in [5.41, 5.74) is 3.66. The number of ether oxygens (including phenoxy) is 1. The lowest BCUT2D eigenvalue weighted by Crippen LogP contribution is -2.12. The molecule has 0 aliphatic rings. The maximum atomic E-state index is 5.87. The predicted octanol–water partition coefficient (Wildman–Crippen LogP) is 3.46. The van der Waals surface area contributed by atoms with Crippen molar-refractivity contribution in [3.63, 3.8) is 0 Å². The number of para-hydroxylation sites is 1. The first kappa shape index (κ1) is 13.4. The average molecular weight is 257 g/mol. The Labute approximate surface area is 113 Å². The molecule has 1 aromatic heterocycles. The van der Waals surface area contributed by atoms with Crippen LogP contribution in [0.3, 0.4) is 0 Å². The standard InChI is InChI=1S/C15H19N3O/c1-15(2,3)11-7-4-5-8-12(11)19-14-10-6-9-13(17-14)18-16/h4-10H,16H2,1-3H3,(H,17,18). The van der Waals surface area contributed by atoms with Crippen molar-refractivity contribution in [2.45, 2.75) is 26.2 Å². The van der Waals surface area contributed by atoms with Gasteiger partial charge in [-0.3, -0.25) is 0 Å². The van der Waals surface area contributed by atoms with Crippen molar-refractivity contribution >= 4 is 5.82 Å². The van der Waals surface area contributed by atoms with Crippen molar-refractivity contribution in [1.82, 2.24) is 4.98 Å². The molecular formula is C15H19N3O. The molecule has 0 fully saturated rings. The maximum Gasteiger partial charge on any atom is 0.221 e. The minimum atomic E-state index is 0.0142. The van der Waals surface area contributed by atoms with Crippen molar-refractivity contribution in [1.29, 1.82) is 0 Å². The van der Waals surface area contributed by atoms with Crippen LogP contribution in [0.15, 0.2) is 42.5 Å². The highest BCUT2D eigenvalue weighted by Gasteiger charge is 2.18. The molecule has 0 aliphatic heterocycles. The number of rotatable bonds is 3. The van der Waals surface area contributed by atoms with Crippen LogP contribution in [0, 0.1) is 0 Å². The summed E-state index contributed by atoms with van der Waals surface area (Å²) in [6.45, 7) is 6.46. The topological polar surface area (TPSA) is 60.2 Å². The van der Waals surface area contributed by atoms with Gasteiger partial charge in [-0.05, 0) is 17.5 Å². The fourth-order valence-electron chi connectivity index (χ4n) is 1.84. The van der Waals surface area contributed by atoms with Crippen LogP contribution in [0.1, 0.15) is 26.3 Å². The maximum absolute atomic E-state index is 5.87. The molecule has 1 aromatic carbocycles. The third-order valence-corrected chi connectivity index (χ3v) is 2.78. The molecule has 0 unspecified atom stereocenters. The molecule has 2 rings (SSSR count). The zero-order valence-corrected chi connectivity index (χ0v) is 11.5. The molecule has 19 heavy (non-hydrogen) atoms. The molecule has 0 amide bonds. The van der Waals surface area contributed by atoms with E-state index in [-0.39, 0.29) is 5.41 Å². The largest absolute Gasteiger partial charge is 0.439 e. The highest BCUT2D eigenvalue weighted by atomic mass is 16.5. The Kier molecular flexibility index (Phi) is 3.71. The van der Waals surface area contributed by atoms with E-state index in [4.69, 9.17) is 10.6 Å². The Morgan fingerprint density at radius 2 is 1.79 bits per heavy atom. The zero-order chi connectivity index (χ0) is 13.9. The van der Waals surface area contributed by atoms with Crippen LogP contribution in [0.4, 0.5) is 5.82 Å². The Balaban J connectivity index is 2.33. The molecule has 0 atom stereocenters. The van der Waals surface area contributed by atoms with Crippen molar-refractivity contribution < 1.29 is 4.74 Å². The third kappa shape index (κ3) is 3.23. The minimum Gasteiger partial charge on any atom is -0.439 e. The number of hydrogen-bond donors (Lipinski definition) is 2. The summed E-state index contributed by atoms with van der Waals surface area (Å²) in [5.74, 6) is 7.25. The van der Waals surface area contributed by atoms with Gasteiger partial charge in [-0.1, -0.05) is 45.0 Å². The van der Waals surface area contributed by atoms with Gasteiger partial charge in [0.05, 0.1) is 0 Å². The number of nitrogens with zero attached hydrogens (tertiary/aromatic N) is 1. The smallest absolute Gasteiger partial charge is 0.221 e. The molecule has 0 radical (unpaired) electrons. The molecule has 0 aliphatic carbocycles. The number of pyridine rings is 1. The van der Waals surface area contributed by atoms with Gasteiger partial charge in [-0.15, -0.1) is 0 Å². The minimum absolute atomic E-state index is 0.0142. The van der Waals surface area contributed by atoms with Crippen molar-refractivity contribution in [2.24, 2.45) is 5.84 Å². The molecule has 0 saturated heterocycles. The van der Waals surface area contributed by atoms with E-state index < -0.39 is 0 Å². The van der Waals surface area contributed by atoms with E-state index in [0.29, 0.717) is 11.7 Å². The van der Waals surface area contributed by atoms with Gasteiger partial charge in [-0.2, -0.15) is 4.98 Å². The summed E-state index contributed by atoms with van der Waals surface area (Å²) in [6.07, 6.45) is 0. The molecule has 0 bridgehead atoms. The fourth-order valence-corrected chi connectivity index (χ4v) is 1.84. The second-order valence-corrected chi connectivity index (χ2v) is 5.35. The van der Waals surface area contributed by atoms with Crippen molar-refractivity contribution in [2.75, 3.05) is 5.43 Å². The van der Waals surface area contributed by atoms with Gasteiger partial charge < -0.3 is 10.2 Å². The second-order valence-electron chi connectivity index (χ2n) is 5.35. The summed E-state index contributed by atoms with van der Waals surface area (Å²) in [4.78, 5) is 4.25. The first-order valence-electron chi connectivity index (χ1n) is 6.22. The van der Waals surface area contributed by atoms with Gasteiger partial charge in [0, 0.05) is 11.6 Å². The van der Waals surface area contributed by atoms with Crippen molar-refractivity contribution in [3.8, 4) is 11.6 Å². The van der Waals surface area contributed by atoms with Crippen LogP contribution in [0.25, 0.3) is 0 Å². The van der Waals surface area contributed by atoms with E-state index in [9.17, 15) is 0 Å². The summed E-state index contributed by atoms with van der Waals surface area (Å²) < 4.78 is 5.87. The monoisotopic (exact) mass is 257 g/mol. The molecule has 2 aromatic rings. The highest BCUT2D eigenvalue weighted by Crippen LogP contribution is 2.33.